The fraction of sp³-hybridized carbons (Fsp3) is 0.174. The molecule has 0 radical (unpaired) electrons. The molecule has 0 bridgehead atoms. The maximum Gasteiger partial charge on any atom is 0.255 e. The molecule has 0 aromatic heterocycles. The summed E-state index contributed by atoms with van der Waals surface area (Å²) in [5.74, 6) is -0.481. The molecule has 3 aromatic rings. The summed E-state index contributed by atoms with van der Waals surface area (Å²) in [6, 6.07) is 16.8. The molecule has 1 heterocycles. The predicted molar refractivity (Wildman–Crippen MR) is 122 cm³/mol. The van der Waals surface area contributed by atoms with Crippen LogP contribution in [-0.2, 0) is 14.8 Å². The molecule has 172 valence electrons. The third kappa shape index (κ3) is 5.33. The summed E-state index contributed by atoms with van der Waals surface area (Å²) in [5.41, 5.74) is 0.466. The number of nitrogens with one attached hydrogen (secondary N) is 1. The van der Waals surface area contributed by atoms with Gasteiger partial charge in [0.2, 0.25) is 10.0 Å². The Morgan fingerprint density at radius 2 is 1.73 bits per heavy atom. The quantitative estimate of drug-likeness (QED) is 0.548. The number of amides is 1. The standard InChI is InChI=1S/C23H20ClFN2O5S/c24-19-3-1-2-4-21(19)32-18-8-6-17(7-9-18)26-23(28)16-5-10-20(25)22(15-16)33(29,30)27-11-13-31-14-12-27/h1-10,15H,11-14H2,(H,26,28). The Hall–Kier alpha value is -2.98. The van der Waals surface area contributed by atoms with Crippen molar-refractivity contribution in [3.05, 3.63) is 83.1 Å². The first-order chi connectivity index (χ1) is 15.8. The molecular formula is C23H20ClFN2O5S. The summed E-state index contributed by atoms with van der Waals surface area (Å²) in [5, 5.41) is 3.13. The number of ether oxygens (including phenoxy) is 2. The summed E-state index contributed by atoms with van der Waals surface area (Å²) >= 11 is 6.09. The highest BCUT2D eigenvalue weighted by molar-refractivity contribution is 7.89. The summed E-state index contributed by atoms with van der Waals surface area (Å²) in [7, 11) is -4.09. The molecule has 1 aliphatic rings. The van der Waals surface area contributed by atoms with Crippen LogP contribution in [0.5, 0.6) is 11.5 Å². The second kappa shape index (κ2) is 9.88. The highest BCUT2D eigenvalue weighted by Crippen LogP contribution is 2.29. The normalized spacial score (nSPS) is 14.6. The van der Waals surface area contributed by atoms with E-state index in [4.69, 9.17) is 21.1 Å². The third-order valence-corrected chi connectivity index (χ3v) is 7.18. The molecule has 7 nitrogen and oxygen atoms in total. The number of morpholine rings is 1. The summed E-state index contributed by atoms with van der Waals surface area (Å²) in [6.07, 6.45) is 0. The lowest BCUT2D eigenvalue weighted by Crippen LogP contribution is -2.41. The van der Waals surface area contributed by atoms with E-state index in [1.807, 2.05) is 0 Å². The molecule has 1 amide bonds. The van der Waals surface area contributed by atoms with E-state index >= 15 is 0 Å². The second-order valence-electron chi connectivity index (χ2n) is 7.17. The number of rotatable bonds is 6. The van der Waals surface area contributed by atoms with Gasteiger partial charge in [0, 0.05) is 24.3 Å². The lowest BCUT2D eigenvalue weighted by atomic mass is 10.2. The monoisotopic (exact) mass is 490 g/mol. The van der Waals surface area contributed by atoms with E-state index in [1.165, 1.54) is 6.07 Å². The van der Waals surface area contributed by atoms with Gasteiger partial charge >= 0.3 is 0 Å². The van der Waals surface area contributed by atoms with Gasteiger partial charge in [-0.15, -0.1) is 0 Å². The van der Waals surface area contributed by atoms with Crippen molar-refractivity contribution in [2.45, 2.75) is 4.90 Å². The molecule has 1 saturated heterocycles. The zero-order valence-corrected chi connectivity index (χ0v) is 18.9. The number of hydrogen-bond donors (Lipinski definition) is 1. The van der Waals surface area contributed by atoms with Crippen LogP contribution in [0.25, 0.3) is 0 Å². The molecule has 0 aliphatic carbocycles. The second-order valence-corrected chi connectivity index (χ2v) is 9.49. The van der Waals surface area contributed by atoms with E-state index in [-0.39, 0.29) is 31.9 Å². The first-order valence-corrected chi connectivity index (χ1v) is 11.9. The van der Waals surface area contributed by atoms with Gasteiger partial charge in [-0.3, -0.25) is 4.79 Å². The van der Waals surface area contributed by atoms with Gasteiger partial charge in [-0.2, -0.15) is 4.31 Å². The number of carbonyl (C=O) groups is 1. The molecule has 33 heavy (non-hydrogen) atoms. The SMILES string of the molecule is O=C(Nc1ccc(Oc2ccccc2Cl)cc1)c1ccc(F)c(S(=O)(=O)N2CCOCC2)c1. The largest absolute Gasteiger partial charge is 0.456 e. The number of carbonyl (C=O) groups excluding carboxylic acids is 1. The molecule has 10 heteroatoms. The van der Waals surface area contributed by atoms with Crippen molar-refractivity contribution in [3.8, 4) is 11.5 Å². The molecule has 0 spiro atoms. The van der Waals surface area contributed by atoms with Crippen molar-refractivity contribution in [1.29, 1.82) is 0 Å². The Morgan fingerprint density at radius 1 is 1.03 bits per heavy atom. The lowest BCUT2D eigenvalue weighted by molar-refractivity contribution is 0.0729. The van der Waals surface area contributed by atoms with Gasteiger partial charge in [0.05, 0.1) is 18.2 Å². The molecular weight excluding hydrogens is 471 g/mol. The molecule has 3 aromatic carbocycles. The van der Waals surface area contributed by atoms with Crippen molar-refractivity contribution in [1.82, 2.24) is 4.31 Å². The fourth-order valence-corrected chi connectivity index (χ4v) is 4.91. The fourth-order valence-electron chi connectivity index (χ4n) is 3.23. The summed E-state index contributed by atoms with van der Waals surface area (Å²) in [6.45, 7) is 0.718. The van der Waals surface area contributed by atoms with Gasteiger partial charge in [0.25, 0.3) is 5.91 Å². The number of sulfonamides is 1. The average molecular weight is 491 g/mol. The Morgan fingerprint density at radius 3 is 2.42 bits per heavy atom. The molecule has 0 saturated carbocycles. The van der Waals surface area contributed by atoms with E-state index in [0.29, 0.717) is 22.2 Å². The number of hydrogen-bond acceptors (Lipinski definition) is 5. The van der Waals surface area contributed by atoms with Gasteiger partial charge in [-0.05, 0) is 54.6 Å². The third-order valence-electron chi connectivity index (χ3n) is 4.96. The Kier molecular flexibility index (Phi) is 6.94. The van der Waals surface area contributed by atoms with Crippen LogP contribution in [0, 0.1) is 5.82 Å². The van der Waals surface area contributed by atoms with Crippen molar-refractivity contribution in [2.24, 2.45) is 0 Å². The van der Waals surface area contributed by atoms with Crippen LogP contribution >= 0.6 is 11.6 Å². The van der Waals surface area contributed by atoms with Crippen LogP contribution < -0.4 is 10.1 Å². The van der Waals surface area contributed by atoms with Gasteiger partial charge in [-0.1, -0.05) is 23.7 Å². The Balaban J connectivity index is 1.48. The highest BCUT2D eigenvalue weighted by Gasteiger charge is 2.29. The van der Waals surface area contributed by atoms with E-state index in [1.54, 1.807) is 48.5 Å². The zero-order chi connectivity index (χ0) is 23.4. The maximum absolute atomic E-state index is 14.4. The molecule has 1 aliphatic heterocycles. The molecule has 4 rings (SSSR count). The first-order valence-electron chi connectivity index (χ1n) is 10.1. The van der Waals surface area contributed by atoms with E-state index < -0.39 is 26.6 Å². The Bertz CT molecular complexity index is 1260. The van der Waals surface area contributed by atoms with Crippen LogP contribution in [0.2, 0.25) is 5.02 Å². The maximum atomic E-state index is 14.4. The van der Waals surface area contributed by atoms with E-state index in [9.17, 15) is 17.6 Å². The van der Waals surface area contributed by atoms with Crippen molar-refractivity contribution < 1.29 is 27.1 Å². The van der Waals surface area contributed by atoms with Crippen LogP contribution in [-0.4, -0.2) is 44.9 Å². The highest BCUT2D eigenvalue weighted by atomic mass is 35.5. The minimum Gasteiger partial charge on any atom is -0.456 e. The number of halogens is 2. The summed E-state index contributed by atoms with van der Waals surface area (Å²) in [4.78, 5) is 12.1. The molecule has 0 unspecified atom stereocenters. The topological polar surface area (TPSA) is 84.9 Å². The minimum atomic E-state index is -4.09. The van der Waals surface area contributed by atoms with Crippen LogP contribution in [0.1, 0.15) is 10.4 Å². The summed E-state index contributed by atoms with van der Waals surface area (Å²) < 4.78 is 52.0. The molecule has 1 fully saturated rings. The van der Waals surface area contributed by atoms with Gasteiger partial charge in [-0.25, -0.2) is 12.8 Å². The lowest BCUT2D eigenvalue weighted by Gasteiger charge is -2.26. The van der Waals surface area contributed by atoms with Gasteiger partial charge in [0.1, 0.15) is 22.2 Å². The number of benzene rings is 3. The van der Waals surface area contributed by atoms with Crippen LogP contribution in [0.15, 0.2) is 71.6 Å². The molecule has 1 N–H and O–H groups in total. The van der Waals surface area contributed by atoms with Crippen molar-refractivity contribution in [3.63, 3.8) is 0 Å². The minimum absolute atomic E-state index is 0.0135. The number of para-hydroxylation sites is 1. The van der Waals surface area contributed by atoms with E-state index in [2.05, 4.69) is 5.32 Å². The number of nitrogens with zero attached hydrogens (tertiary/aromatic N) is 1. The average Bonchev–Trinajstić information content (AvgIpc) is 2.82. The Labute approximate surface area is 195 Å². The zero-order valence-electron chi connectivity index (χ0n) is 17.3. The van der Waals surface area contributed by atoms with Crippen molar-refractivity contribution >= 4 is 33.2 Å². The smallest absolute Gasteiger partial charge is 0.255 e. The van der Waals surface area contributed by atoms with Crippen LogP contribution in [0.4, 0.5) is 10.1 Å². The van der Waals surface area contributed by atoms with Crippen LogP contribution in [0.3, 0.4) is 0 Å². The van der Waals surface area contributed by atoms with E-state index in [0.717, 1.165) is 16.4 Å². The number of anilines is 1. The van der Waals surface area contributed by atoms with Crippen molar-refractivity contribution in [2.75, 3.05) is 31.6 Å². The van der Waals surface area contributed by atoms with Gasteiger partial charge in [0.15, 0.2) is 0 Å². The van der Waals surface area contributed by atoms with Gasteiger partial charge < -0.3 is 14.8 Å². The predicted octanol–water partition coefficient (Wildman–Crippen LogP) is 4.54. The first kappa shape index (κ1) is 23.2. The molecule has 0 atom stereocenters.